The molecule has 0 unspecified atom stereocenters. The highest BCUT2D eigenvalue weighted by molar-refractivity contribution is 5.98. The number of nitrogens with one attached hydrogen (secondary N) is 1. The largest absolute Gasteiger partial charge is 0.457 e. The minimum absolute atomic E-state index is 0.155. The van der Waals surface area contributed by atoms with Crippen LogP contribution < -0.4 is 15.8 Å². The van der Waals surface area contributed by atoms with Crippen molar-refractivity contribution >= 4 is 22.8 Å². The van der Waals surface area contributed by atoms with Crippen molar-refractivity contribution in [3.8, 4) is 28.8 Å². The molecule has 0 spiro atoms. The van der Waals surface area contributed by atoms with Gasteiger partial charge in [0.15, 0.2) is 5.65 Å². The van der Waals surface area contributed by atoms with E-state index in [1.165, 1.54) is 6.33 Å². The molecule has 0 bridgehead atoms. The van der Waals surface area contributed by atoms with Crippen LogP contribution >= 0.6 is 0 Å². The van der Waals surface area contributed by atoms with Gasteiger partial charge >= 0.3 is 0 Å². The number of allylic oxidation sites excluding steroid dienone is 1. The predicted molar refractivity (Wildman–Crippen MR) is 131 cm³/mol. The third kappa shape index (κ3) is 4.96. The summed E-state index contributed by atoms with van der Waals surface area (Å²) in [5.41, 5.74) is 8.38. The molecule has 0 saturated heterocycles. The van der Waals surface area contributed by atoms with Crippen molar-refractivity contribution in [2.75, 3.05) is 12.3 Å². The molecule has 2 heterocycles. The van der Waals surface area contributed by atoms with Crippen LogP contribution in [0.25, 0.3) is 22.3 Å². The van der Waals surface area contributed by atoms with Crippen LogP contribution in [-0.2, 0) is 11.3 Å². The summed E-state index contributed by atoms with van der Waals surface area (Å²) in [6.45, 7) is 0.641. The van der Waals surface area contributed by atoms with Gasteiger partial charge < -0.3 is 15.8 Å². The SMILES string of the molecule is N#C/C(=C\C1CC1)C(=O)NCCn1nc(-c2ccc(Oc3ccccc3)cc2)c2c(N)ncnc21. The van der Waals surface area contributed by atoms with E-state index in [-0.39, 0.29) is 18.0 Å². The summed E-state index contributed by atoms with van der Waals surface area (Å²) in [5.74, 6) is 1.74. The summed E-state index contributed by atoms with van der Waals surface area (Å²) in [7, 11) is 0. The summed E-state index contributed by atoms with van der Waals surface area (Å²) in [5, 5.41) is 17.4. The van der Waals surface area contributed by atoms with Crippen LogP contribution in [0.15, 0.2) is 72.6 Å². The van der Waals surface area contributed by atoms with Gasteiger partial charge in [0, 0.05) is 12.1 Å². The molecule has 1 amide bonds. The molecule has 1 fully saturated rings. The van der Waals surface area contributed by atoms with Crippen LogP contribution in [0.3, 0.4) is 0 Å². The molecule has 1 saturated carbocycles. The molecule has 0 aliphatic heterocycles. The quantitative estimate of drug-likeness (QED) is 0.298. The Morgan fingerprint density at radius 3 is 2.60 bits per heavy atom. The zero-order valence-corrected chi connectivity index (χ0v) is 18.9. The first-order valence-corrected chi connectivity index (χ1v) is 11.3. The highest BCUT2D eigenvalue weighted by Gasteiger charge is 2.22. The molecule has 9 nitrogen and oxygen atoms in total. The van der Waals surface area contributed by atoms with Crippen molar-refractivity contribution in [3.05, 3.63) is 72.6 Å². The van der Waals surface area contributed by atoms with Gasteiger partial charge in [0.05, 0.1) is 11.9 Å². The Labute approximate surface area is 201 Å². The van der Waals surface area contributed by atoms with Crippen molar-refractivity contribution < 1.29 is 9.53 Å². The molecule has 5 rings (SSSR count). The minimum Gasteiger partial charge on any atom is -0.457 e. The van der Waals surface area contributed by atoms with E-state index in [4.69, 9.17) is 15.6 Å². The third-order valence-corrected chi connectivity index (χ3v) is 5.66. The van der Waals surface area contributed by atoms with Gasteiger partial charge in [-0.05, 0) is 55.2 Å². The summed E-state index contributed by atoms with van der Waals surface area (Å²) in [6.07, 6.45) is 5.19. The van der Waals surface area contributed by atoms with Crippen molar-refractivity contribution in [2.45, 2.75) is 19.4 Å². The topological polar surface area (TPSA) is 132 Å². The van der Waals surface area contributed by atoms with E-state index in [2.05, 4.69) is 15.3 Å². The number of anilines is 1. The molecule has 174 valence electrons. The van der Waals surface area contributed by atoms with E-state index >= 15 is 0 Å². The third-order valence-electron chi connectivity index (χ3n) is 5.66. The molecule has 1 aliphatic rings. The maximum Gasteiger partial charge on any atom is 0.261 e. The second kappa shape index (κ2) is 9.65. The van der Waals surface area contributed by atoms with E-state index in [0.29, 0.717) is 40.8 Å². The Balaban J connectivity index is 1.35. The molecular formula is C26H23N7O2. The molecule has 35 heavy (non-hydrogen) atoms. The molecule has 2 aromatic carbocycles. The standard InChI is InChI=1S/C26H23N7O2/c27-15-19(14-17-6-7-17)26(34)29-12-13-33-25-22(24(28)30-16-31-25)23(32-33)18-8-10-21(11-9-18)35-20-4-2-1-3-5-20/h1-5,8-11,14,16-17H,6-7,12-13H2,(H,29,34)(H2,28,30,31)/b19-14+. The molecule has 2 aromatic heterocycles. The van der Waals surface area contributed by atoms with E-state index in [0.717, 1.165) is 24.2 Å². The number of nitrogens with two attached hydrogens (primary N) is 1. The lowest BCUT2D eigenvalue weighted by atomic mass is 10.1. The summed E-state index contributed by atoms with van der Waals surface area (Å²) >= 11 is 0. The van der Waals surface area contributed by atoms with E-state index in [9.17, 15) is 10.1 Å². The Kier molecular flexibility index (Phi) is 6.09. The van der Waals surface area contributed by atoms with Gasteiger partial charge in [-0.25, -0.2) is 14.6 Å². The lowest BCUT2D eigenvalue weighted by molar-refractivity contribution is -0.117. The average Bonchev–Trinajstić information content (AvgIpc) is 3.63. The molecular weight excluding hydrogens is 442 g/mol. The fourth-order valence-corrected chi connectivity index (χ4v) is 3.73. The number of fused-ring (bicyclic) bond motifs is 1. The van der Waals surface area contributed by atoms with Gasteiger partial charge in [0.2, 0.25) is 0 Å². The van der Waals surface area contributed by atoms with E-state index in [1.54, 1.807) is 10.8 Å². The maximum atomic E-state index is 12.3. The number of para-hydroxylation sites is 1. The molecule has 1 aliphatic carbocycles. The van der Waals surface area contributed by atoms with Crippen LogP contribution in [0.1, 0.15) is 12.8 Å². The predicted octanol–water partition coefficient (Wildman–Crippen LogP) is 3.84. The van der Waals surface area contributed by atoms with Crippen LogP contribution in [0.2, 0.25) is 0 Å². The molecule has 3 N–H and O–H groups in total. The highest BCUT2D eigenvalue weighted by Crippen LogP contribution is 2.32. The van der Waals surface area contributed by atoms with Gasteiger partial charge in [-0.2, -0.15) is 10.4 Å². The molecule has 0 radical (unpaired) electrons. The monoisotopic (exact) mass is 465 g/mol. The number of nitrogens with zero attached hydrogens (tertiary/aromatic N) is 5. The summed E-state index contributed by atoms with van der Waals surface area (Å²) < 4.78 is 7.56. The van der Waals surface area contributed by atoms with Crippen molar-refractivity contribution in [1.29, 1.82) is 5.26 Å². The number of carbonyl (C=O) groups excluding carboxylic acids is 1. The normalized spacial score (nSPS) is 13.4. The summed E-state index contributed by atoms with van der Waals surface area (Å²) in [6, 6.07) is 19.1. The minimum atomic E-state index is -0.376. The molecule has 9 heteroatoms. The number of aromatic nitrogens is 4. The number of carbonyl (C=O) groups is 1. The van der Waals surface area contributed by atoms with Gasteiger partial charge in [0.25, 0.3) is 5.91 Å². The Bertz CT molecular complexity index is 1430. The number of rotatable bonds is 8. The Morgan fingerprint density at radius 2 is 1.89 bits per heavy atom. The van der Waals surface area contributed by atoms with Crippen molar-refractivity contribution in [3.63, 3.8) is 0 Å². The first-order valence-electron chi connectivity index (χ1n) is 11.3. The van der Waals surface area contributed by atoms with Crippen LogP contribution in [0, 0.1) is 17.2 Å². The number of ether oxygens (including phenoxy) is 1. The van der Waals surface area contributed by atoms with Gasteiger partial charge in [-0.3, -0.25) is 4.79 Å². The smallest absolute Gasteiger partial charge is 0.261 e. The number of hydrogen-bond acceptors (Lipinski definition) is 7. The number of amides is 1. The van der Waals surface area contributed by atoms with Crippen molar-refractivity contribution in [2.24, 2.45) is 5.92 Å². The van der Waals surface area contributed by atoms with Crippen LogP contribution in [0.5, 0.6) is 11.5 Å². The van der Waals surface area contributed by atoms with Crippen LogP contribution in [-0.4, -0.2) is 32.2 Å². The molecule has 0 atom stereocenters. The number of hydrogen-bond donors (Lipinski definition) is 2. The maximum absolute atomic E-state index is 12.3. The lowest BCUT2D eigenvalue weighted by Crippen LogP contribution is -2.28. The van der Waals surface area contributed by atoms with E-state index in [1.807, 2.05) is 60.7 Å². The first-order chi connectivity index (χ1) is 17.1. The van der Waals surface area contributed by atoms with E-state index < -0.39 is 0 Å². The van der Waals surface area contributed by atoms with Gasteiger partial charge in [-0.1, -0.05) is 24.3 Å². The summed E-state index contributed by atoms with van der Waals surface area (Å²) in [4.78, 5) is 20.8. The lowest BCUT2D eigenvalue weighted by Gasteiger charge is -2.06. The number of nitriles is 1. The number of nitrogen functional groups attached to an aromatic ring is 1. The first kappa shape index (κ1) is 22.1. The zero-order chi connectivity index (χ0) is 24.2. The average molecular weight is 466 g/mol. The number of benzene rings is 2. The Hall–Kier alpha value is -4.71. The van der Waals surface area contributed by atoms with Gasteiger partial charge in [0.1, 0.15) is 41.0 Å². The zero-order valence-electron chi connectivity index (χ0n) is 18.9. The van der Waals surface area contributed by atoms with Crippen LogP contribution in [0.4, 0.5) is 5.82 Å². The second-order valence-corrected chi connectivity index (χ2v) is 8.25. The molecule has 4 aromatic rings. The Morgan fingerprint density at radius 1 is 1.14 bits per heavy atom. The second-order valence-electron chi connectivity index (χ2n) is 8.25. The fraction of sp³-hybridized carbons (Fsp3) is 0.192. The highest BCUT2D eigenvalue weighted by atomic mass is 16.5. The fourth-order valence-electron chi connectivity index (χ4n) is 3.73. The van der Waals surface area contributed by atoms with Gasteiger partial charge in [-0.15, -0.1) is 0 Å². The van der Waals surface area contributed by atoms with Crippen molar-refractivity contribution in [1.82, 2.24) is 25.1 Å².